The number of furan rings is 1. The van der Waals surface area contributed by atoms with Crippen molar-refractivity contribution in [3.63, 3.8) is 0 Å². The van der Waals surface area contributed by atoms with E-state index in [2.05, 4.69) is 5.32 Å². The summed E-state index contributed by atoms with van der Waals surface area (Å²) in [7, 11) is 0. The van der Waals surface area contributed by atoms with E-state index in [1.165, 1.54) is 11.6 Å². The first kappa shape index (κ1) is 17.7. The van der Waals surface area contributed by atoms with Crippen LogP contribution in [0.1, 0.15) is 28.9 Å². The summed E-state index contributed by atoms with van der Waals surface area (Å²) in [5.41, 5.74) is 3.74. The fourth-order valence-corrected chi connectivity index (χ4v) is 2.72. The van der Waals surface area contributed by atoms with Crippen LogP contribution in [0.4, 0.5) is 5.69 Å². The van der Waals surface area contributed by atoms with Gasteiger partial charge in [0.1, 0.15) is 12.6 Å². The van der Waals surface area contributed by atoms with Crippen molar-refractivity contribution in [1.29, 1.82) is 0 Å². The van der Waals surface area contributed by atoms with Crippen LogP contribution in [-0.4, -0.2) is 17.9 Å². The first-order valence-corrected chi connectivity index (χ1v) is 7.81. The van der Waals surface area contributed by atoms with Gasteiger partial charge in [-0.3, -0.25) is 4.79 Å². The molecule has 6 nitrogen and oxygen atoms in total. The van der Waals surface area contributed by atoms with Gasteiger partial charge in [-0.25, -0.2) is 0 Å². The van der Waals surface area contributed by atoms with Crippen molar-refractivity contribution in [2.75, 3.05) is 5.32 Å². The fraction of sp³-hybridized carbons (Fsp3) is 0.333. The molecule has 0 aliphatic heterocycles. The summed E-state index contributed by atoms with van der Waals surface area (Å²) in [6.45, 7) is 6.15. The van der Waals surface area contributed by atoms with Crippen LogP contribution in [-0.2, 0) is 16.1 Å². The lowest BCUT2D eigenvalue weighted by Gasteiger charge is -2.17. The second kappa shape index (κ2) is 7.79. The van der Waals surface area contributed by atoms with E-state index in [0.29, 0.717) is 12.3 Å². The quantitative estimate of drug-likeness (QED) is 0.768. The van der Waals surface area contributed by atoms with Gasteiger partial charge in [-0.1, -0.05) is 17.7 Å². The number of carbonyl (C=O) groups excluding carboxylic acids is 2. The van der Waals surface area contributed by atoms with Gasteiger partial charge >= 0.3 is 0 Å². The highest BCUT2D eigenvalue weighted by Gasteiger charge is 2.20. The van der Waals surface area contributed by atoms with Crippen molar-refractivity contribution in [2.45, 2.75) is 39.8 Å². The average molecular weight is 330 g/mol. The molecule has 0 saturated heterocycles. The number of anilines is 1. The molecule has 0 fully saturated rings. The van der Waals surface area contributed by atoms with Gasteiger partial charge in [-0.2, -0.15) is 0 Å². The van der Waals surface area contributed by atoms with Crippen LogP contribution in [0.5, 0.6) is 0 Å². The van der Waals surface area contributed by atoms with Gasteiger partial charge in [0.25, 0.3) is 0 Å². The Hall–Kier alpha value is -2.60. The molecule has 0 bridgehead atoms. The summed E-state index contributed by atoms with van der Waals surface area (Å²) in [6.07, 6.45) is 1.35. The molecule has 0 aliphatic rings. The zero-order valence-corrected chi connectivity index (χ0v) is 14.1. The van der Waals surface area contributed by atoms with E-state index in [1.54, 1.807) is 12.1 Å². The van der Waals surface area contributed by atoms with Crippen LogP contribution in [0.3, 0.4) is 0 Å². The Morgan fingerprint density at radius 1 is 1.25 bits per heavy atom. The number of carboxylic acid groups (broad SMARTS) is 1. The van der Waals surface area contributed by atoms with Crippen molar-refractivity contribution in [3.05, 3.63) is 53.0 Å². The number of quaternary nitrogens is 1. The summed E-state index contributed by atoms with van der Waals surface area (Å²) in [5.74, 6) is -0.976. The maximum absolute atomic E-state index is 12.2. The topological polar surface area (TPSA) is 99.0 Å². The number of rotatable bonds is 7. The van der Waals surface area contributed by atoms with Crippen LogP contribution < -0.4 is 15.7 Å². The van der Waals surface area contributed by atoms with Crippen LogP contribution in [0, 0.1) is 20.8 Å². The largest absolute Gasteiger partial charge is 0.544 e. The van der Waals surface area contributed by atoms with Gasteiger partial charge < -0.3 is 25.0 Å². The third-order valence-electron chi connectivity index (χ3n) is 3.83. The molecule has 0 unspecified atom stereocenters. The predicted octanol–water partition coefficient (Wildman–Crippen LogP) is 0.416. The molecule has 2 rings (SSSR count). The molecule has 1 heterocycles. The minimum Gasteiger partial charge on any atom is -0.544 e. The SMILES string of the molecule is Cc1cc(C)c(NC(=O)C[C@H]([NH2+]Cc2ccco2)C(=O)[O-])c(C)c1. The lowest BCUT2D eigenvalue weighted by atomic mass is 10.0. The minimum atomic E-state index is -1.27. The normalized spacial score (nSPS) is 12.0. The second-order valence-corrected chi connectivity index (χ2v) is 5.97. The number of nitrogens with two attached hydrogens (primary N) is 1. The zero-order valence-electron chi connectivity index (χ0n) is 14.1. The van der Waals surface area contributed by atoms with E-state index in [9.17, 15) is 14.7 Å². The van der Waals surface area contributed by atoms with E-state index in [4.69, 9.17) is 4.42 Å². The number of aliphatic carboxylic acids is 1. The number of amides is 1. The van der Waals surface area contributed by atoms with Crippen molar-refractivity contribution >= 4 is 17.6 Å². The Labute approximate surface area is 140 Å². The minimum absolute atomic E-state index is 0.171. The molecular formula is C18H22N2O4. The fourth-order valence-electron chi connectivity index (χ4n) is 2.72. The average Bonchev–Trinajstić information content (AvgIpc) is 3.00. The molecule has 1 atom stereocenters. The van der Waals surface area contributed by atoms with Crippen LogP contribution >= 0.6 is 0 Å². The summed E-state index contributed by atoms with van der Waals surface area (Å²) in [4.78, 5) is 23.5. The summed E-state index contributed by atoms with van der Waals surface area (Å²) in [6, 6.07) is 6.46. The molecule has 0 aliphatic carbocycles. The molecule has 2 aromatic rings. The molecule has 1 aromatic heterocycles. The lowest BCUT2D eigenvalue weighted by Crippen LogP contribution is -2.92. The number of hydrogen-bond acceptors (Lipinski definition) is 4. The van der Waals surface area contributed by atoms with E-state index in [0.717, 1.165) is 22.4 Å². The maximum Gasteiger partial charge on any atom is 0.230 e. The van der Waals surface area contributed by atoms with Gasteiger partial charge in [0.2, 0.25) is 5.91 Å². The first-order valence-electron chi connectivity index (χ1n) is 7.81. The monoisotopic (exact) mass is 330 g/mol. The molecule has 1 amide bonds. The summed E-state index contributed by atoms with van der Waals surface area (Å²) in [5, 5.41) is 15.6. The van der Waals surface area contributed by atoms with Crippen molar-refractivity contribution in [1.82, 2.24) is 0 Å². The van der Waals surface area contributed by atoms with Crippen molar-refractivity contribution in [2.24, 2.45) is 0 Å². The number of carbonyl (C=O) groups is 2. The zero-order chi connectivity index (χ0) is 17.7. The number of carboxylic acids is 1. The highest BCUT2D eigenvalue weighted by Crippen LogP contribution is 2.22. The number of nitrogens with one attached hydrogen (secondary N) is 1. The van der Waals surface area contributed by atoms with Gasteiger partial charge in [0.15, 0.2) is 5.76 Å². The summed E-state index contributed by atoms with van der Waals surface area (Å²) < 4.78 is 5.16. The van der Waals surface area contributed by atoms with E-state index >= 15 is 0 Å². The first-order chi connectivity index (χ1) is 11.4. The molecule has 128 valence electrons. The molecular weight excluding hydrogens is 308 g/mol. The van der Waals surface area contributed by atoms with Gasteiger partial charge in [-0.15, -0.1) is 0 Å². The Kier molecular flexibility index (Phi) is 5.76. The maximum atomic E-state index is 12.2. The van der Waals surface area contributed by atoms with Crippen molar-refractivity contribution < 1.29 is 24.4 Å². The van der Waals surface area contributed by atoms with Crippen LogP contribution in [0.2, 0.25) is 0 Å². The molecule has 24 heavy (non-hydrogen) atoms. The Bertz CT molecular complexity index is 700. The third-order valence-corrected chi connectivity index (χ3v) is 3.83. The molecule has 0 radical (unpaired) electrons. The Balaban J connectivity index is 1.99. The van der Waals surface area contributed by atoms with E-state index < -0.39 is 12.0 Å². The Morgan fingerprint density at radius 3 is 2.46 bits per heavy atom. The highest BCUT2D eigenvalue weighted by molar-refractivity contribution is 5.94. The smallest absolute Gasteiger partial charge is 0.230 e. The second-order valence-electron chi connectivity index (χ2n) is 5.97. The predicted molar refractivity (Wildman–Crippen MR) is 87.0 cm³/mol. The standard InChI is InChI=1S/C18H22N2O4/c1-11-7-12(2)17(13(3)8-11)20-16(21)9-15(18(22)23)19-10-14-5-4-6-24-14/h4-8,15,19H,9-10H2,1-3H3,(H,20,21)(H,22,23)/t15-/m0/s1. The molecule has 1 aromatic carbocycles. The number of aryl methyl sites for hydroxylation is 3. The molecule has 3 N–H and O–H groups in total. The summed E-state index contributed by atoms with van der Waals surface area (Å²) >= 11 is 0. The van der Waals surface area contributed by atoms with E-state index in [-0.39, 0.29) is 12.3 Å². The van der Waals surface area contributed by atoms with Crippen LogP contribution in [0.25, 0.3) is 0 Å². The van der Waals surface area contributed by atoms with E-state index in [1.807, 2.05) is 32.9 Å². The lowest BCUT2D eigenvalue weighted by molar-refractivity contribution is -0.698. The van der Waals surface area contributed by atoms with Crippen molar-refractivity contribution in [3.8, 4) is 0 Å². The van der Waals surface area contributed by atoms with Crippen LogP contribution in [0.15, 0.2) is 34.9 Å². The third kappa shape index (κ3) is 4.70. The molecule has 0 saturated carbocycles. The highest BCUT2D eigenvalue weighted by atomic mass is 16.4. The van der Waals surface area contributed by atoms with Gasteiger partial charge in [0, 0.05) is 5.69 Å². The number of benzene rings is 1. The molecule has 0 spiro atoms. The number of hydrogen-bond donors (Lipinski definition) is 2. The molecule has 6 heteroatoms. The Morgan fingerprint density at radius 2 is 1.92 bits per heavy atom. The van der Waals surface area contributed by atoms with Gasteiger partial charge in [0.05, 0.1) is 18.7 Å². The van der Waals surface area contributed by atoms with Gasteiger partial charge in [-0.05, 0) is 44.0 Å².